The molecule has 5 aliphatic carbocycles. The first-order valence-corrected chi connectivity index (χ1v) is 13.6. The second kappa shape index (κ2) is 9.19. The molecule has 0 aromatic heterocycles. The Hall–Kier alpha value is -0.0800. The zero-order chi connectivity index (χ0) is 19.8. The predicted octanol–water partition coefficient (Wildman–Crippen LogP) is 6.34. The van der Waals surface area contributed by atoms with Gasteiger partial charge in [0.2, 0.25) is 0 Å². The van der Waals surface area contributed by atoms with Gasteiger partial charge in [0.05, 0.1) is 12.2 Å². The van der Waals surface area contributed by atoms with E-state index in [4.69, 9.17) is 0 Å². The minimum Gasteiger partial charge on any atom is -0.393 e. The van der Waals surface area contributed by atoms with Crippen molar-refractivity contribution < 1.29 is 10.2 Å². The molecule has 2 heteroatoms. The van der Waals surface area contributed by atoms with Crippen molar-refractivity contribution in [3.63, 3.8) is 0 Å². The molecule has 5 aliphatic rings. The van der Waals surface area contributed by atoms with Gasteiger partial charge in [0.25, 0.3) is 0 Å². The lowest BCUT2D eigenvalue weighted by atomic mass is 9.49. The molecule has 2 nitrogen and oxygen atoms in total. The van der Waals surface area contributed by atoms with Crippen LogP contribution in [0.1, 0.15) is 109 Å². The smallest absolute Gasteiger partial charge is 0.0540 e. The zero-order valence-electron chi connectivity index (χ0n) is 18.7. The van der Waals surface area contributed by atoms with Crippen molar-refractivity contribution in [3.8, 4) is 0 Å². The molecule has 5 fully saturated rings. The molecule has 5 rings (SSSR count). The third-order valence-corrected chi connectivity index (χ3v) is 10.6. The average molecular weight is 403 g/mol. The van der Waals surface area contributed by atoms with Crippen LogP contribution in [0.2, 0.25) is 0 Å². The second-order valence-corrected chi connectivity index (χ2v) is 11.9. The molecular weight excluding hydrogens is 356 g/mol. The largest absolute Gasteiger partial charge is 0.393 e. The molecule has 0 aromatic carbocycles. The maximum atomic E-state index is 10.2. The van der Waals surface area contributed by atoms with Crippen molar-refractivity contribution >= 4 is 0 Å². The van der Waals surface area contributed by atoms with E-state index in [1.54, 1.807) is 0 Å². The first kappa shape index (κ1) is 20.8. The summed E-state index contributed by atoms with van der Waals surface area (Å²) in [5.74, 6) is 7.69. The van der Waals surface area contributed by atoms with Crippen molar-refractivity contribution in [1.82, 2.24) is 0 Å². The Morgan fingerprint density at radius 1 is 0.483 bits per heavy atom. The van der Waals surface area contributed by atoms with Gasteiger partial charge in [0.1, 0.15) is 0 Å². The molecule has 0 saturated heterocycles. The third-order valence-electron chi connectivity index (χ3n) is 10.6. The molecular formula is C27H46O2. The fourth-order valence-corrected chi connectivity index (χ4v) is 9.37. The van der Waals surface area contributed by atoms with Crippen LogP contribution < -0.4 is 0 Å². The zero-order valence-corrected chi connectivity index (χ0v) is 18.7. The molecule has 0 amide bonds. The Bertz CT molecular complexity index is 495. The fraction of sp³-hybridized carbons (Fsp3) is 1.00. The van der Waals surface area contributed by atoms with Gasteiger partial charge in [-0.3, -0.25) is 0 Å². The summed E-state index contributed by atoms with van der Waals surface area (Å²) in [5.41, 5.74) is 0. The minimum atomic E-state index is -0.0309. The summed E-state index contributed by atoms with van der Waals surface area (Å²) in [6.07, 6.45) is 22.8. The molecule has 5 saturated carbocycles. The highest BCUT2D eigenvalue weighted by Crippen LogP contribution is 2.59. The van der Waals surface area contributed by atoms with Gasteiger partial charge in [-0.25, -0.2) is 0 Å². The summed E-state index contributed by atoms with van der Waals surface area (Å²) in [7, 11) is 0. The monoisotopic (exact) mass is 402 g/mol. The Balaban J connectivity index is 1.41. The highest BCUT2D eigenvalue weighted by atomic mass is 16.3. The van der Waals surface area contributed by atoms with E-state index >= 15 is 0 Å². The first-order valence-electron chi connectivity index (χ1n) is 13.6. The van der Waals surface area contributed by atoms with E-state index in [0.29, 0.717) is 0 Å². The SMILES string of the molecule is OC1CCC(C(C2CCC(O)CC2)C2CC3CCCCC3C3CCCCC32)CC1. The summed E-state index contributed by atoms with van der Waals surface area (Å²) >= 11 is 0. The quantitative estimate of drug-likeness (QED) is 0.578. The van der Waals surface area contributed by atoms with Crippen molar-refractivity contribution in [2.75, 3.05) is 0 Å². The molecule has 0 bridgehead atoms. The Kier molecular flexibility index (Phi) is 6.59. The highest BCUT2D eigenvalue weighted by molar-refractivity contribution is 5.00. The number of rotatable bonds is 3. The number of hydrogen-bond donors (Lipinski definition) is 2. The number of hydrogen-bond acceptors (Lipinski definition) is 2. The van der Waals surface area contributed by atoms with Gasteiger partial charge in [-0.1, -0.05) is 32.1 Å². The second-order valence-electron chi connectivity index (χ2n) is 11.9. The van der Waals surface area contributed by atoms with Crippen LogP contribution in [0.25, 0.3) is 0 Å². The lowest BCUT2D eigenvalue weighted by molar-refractivity contribution is -0.0757. The number of aliphatic hydroxyl groups is 2. The molecule has 0 radical (unpaired) electrons. The lowest BCUT2D eigenvalue weighted by Gasteiger charge is -2.56. The van der Waals surface area contributed by atoms with Crippen molar-refractivity contribution in [2.24, 2.45) is 47.3 Å². The van der Waals surface area contributed by atoms with Gasteiger partial charge in [0, 0.05) is 0 Å². The van der Waals surface area contributed by atoms with Crippen LogP contribution >= 0.6 is 0 Å². The van der Waals surface area contributed by atoms with Gasteiger partial charge in [0.15, 0.2) is 0 Å². The Morgan fingerprint density at radius 2 is 0.966 bits per heavy atom. The third kappa shape index (κ3) is 4.32. The van der Waals surface area contributed by atoms with Crippen LogP contribution in [0.3, 0.4) is 0 Å². The maximum absolute atomic E-state index is 10.2. The summed E-state index contributed by atoms with van der Waals surface area (Å²) in [6.45, 7) is 0. The summed E-state index contributed by atoms with van der Waals surface area (Å²) in [5, 5.41) is 20.3. The predicted molar refractivity (Wildman–Crippen MR) is 118 cm³/mol. The van der Waals surface area contributed by atoms with Crippen LogP contribution in [-0.2, 0) is 0 Å². The molecule has 0 aliphatic heterocycles. The van der Waals surface area contributed by atoms with E-state index in [2.05, 4.69) is 0 Å². The van der Waals surface area contributed by atoms with E-state index in [-0.39, 0.29) is 12.2 Å². The molecule has 0 spiro atoms. The maximum Gasteiger partial charge on any atom is 0.0540 e. The molecule has 166 valence electrons. The summed E-state index contributed by atoms with van der Waals surface area (Å²) in [4.78, 5) is 0. The Labute approximate surface area is 179 Å². The van der Waals surface area contributed by atoms with E-state index < -0.39 is 0 Å². The van der Waals surface area contributed by atoms with Crippen LogP contribution in [-0.4, -0.2) is 22.4 Å². The normalized spacial score (nSPS) is 49.7. The molecule has 5 atom stereocenters. The van der Waals surface area contributed by atoms with E-state index in [0.717, 1.165) is 73.0 Å². The standard InChI is InChI=1S/C27H46O2/c28-21-13-9-18(10-14-21)27(19-11-15-22(29)16-12-19)26-17-20-5-1-2-6-23(20)24-7-3-4-8-25(24)26/h18-29H,1-17H2. The van der Waals surface area contributed by atoms with Crippen molar-refractivity contribution in [1.29, 1.82) is 0 Å². The first-order chi connectivity index (χ1) is 14.2. The minimum absolute atomic E-state index is 0.0309. The van der Waals surface area contributed by atoms with E-state index in [1.165, 1.54) is 83.5 Å². The van der Waals surface area contributed by atoms with Gasteiger partial charge < -0.3 is 10.2 Å². The van der Waals surface area contributed by atoms with Gasteiger partial charge in [-0.15, -0.1) is 0 Å². The molecule has 29 heavy (non-hydrogen) atoms. The van der Waals surface area contributed by atoms with Crippen LogP contribution in [0, 0.1) is 47.3 Å². The lowest BCUT2D eigenvalue weighted by Crippen LogP contribution is -2.49. The van der Waals surface area contributed by atoms with Crippen molar-refractivity contribution in [2.45, 2.75) is 121 Å². The fourth-order valence-electron chi connectivity index (χ4n) is 9.37. The van der Waals surface area contributed by atoms with Gasteiger partial charge >= 0.3 is 0 Å². The van der Waals surface area contributed by atoms with Crippen molar-refractivity contribution in [3.05, 3.63) is 0 Å². The molecule has 0 aromatic rings. The van der Waals surface area contributed by atoms with Gasteiger partial charge in [-0.05, 0) is 124 Å². The molecule has 0 heterocycles. The van der Waals surface area contributed by atoms with E-state index in [1.807, 2.05) is 0 Å². The van der Waals surface area contributed by atoms with E-state index in [9.17, 15) is 10.2 Å². The highest BCUT2D eigenvalue weighted by Gasteiger charge is 2.50. The van der Waals surface area contributed by atoms with Crippen LogP contribution in [0.5, 0.6) is 0 Å². The Morgan fingerprint density at radius 3 is 1.55 bits per heavy atom. The molecule has 2 N–H and O–H groups in total. The van der Waals surface area contributed by atoms with Gasteiger partial charge in [-0.2, -0.15) is 0 Å². The average Bonchev–Trinajstić information content (AvgIpc) is 2.76. The van der Waals surface area contributed by atoms with Crippen LogP contribution in [0.4, 0.5) is 0 Å². The molecule has 5 unspecified atom stereocenters. The summed E-state index contributed by atoms with van der Waals surface area (Å²) < 4.78 is 0. The number of aliphatic hydroxyl groups excluding tert-OH is 2. The summed E-state index contributed by atoms with van der Waals surface area (Å²) in [6, 6.07) is 0. The number of fused-ring (bicyclic) bond motifs is 3. The topological polar surface area (TPSA) is 40.5 Å². The van der Waals surface area contributed by atoms with Crippen LogP contribution in [0.15, 0.2) is 0 Å².